The van der Waals surface area contributed by atoms with E-state index in [0.29, 0.717) is 31.2 Å². The fourth-order valence-electron chi connectivity index (χ4n) is 3.10. The number of rotatable bonds is 4. The summed E-state index contributed by atoms with van der Waals surface area (Å²) in [4.78, 5) is 28.8. The Labute approximate surface area is 152 Å². The molecule has 2 aromatic rings. The van der Waals surface area contributed by atoms with Crippen LogP contribution < -0.4 is 5.32 Å². The highest BCUT2D eigenvalue weighted by Gasteiger charge is 2.21. The van der Waals surface area contributed by atoms with Crippen LogP contribution in [0.1, 0.15) is 28.1 Å². The van der Waals surface area contributed by atoms with Crippen LogP contribution in [-0.4, -0.2) is 59.5 Å². The highest BCUT2D eigenvalue weighted by Crippen LogP contribution is 2.12. The van der Waals surface area contributed by atoms with Gasteiger partial charge in [0.05, 0.1) is 6.54 Å². The van der Waals surface area contributed by atoms with E-state index in [1.807, 2.05) is 36.1 Å². The van der Waals surface area contributed by atoms with Crippen LogP contribution in [0.4, 0.5) is 5.82 Å². The van der Waals surface area contributed by atoms with E-state index in [4.69, 9.17) is 4.52 Å². The Hall–Kier alpha value is -2.67. The van der Waals surface area contributed by atoms with Gasteiger partial charge < -0.3 is 14.7 Å². The molecule has 1 aliphatic rings. The maximum absolute atomic E-state index is 12.7. The van der Waals surface area contributed by atoms with Gasteiger partial charge in [-0.1, -0.05) is 22.9 Å². The van der Waals surface area contributed by atoms with E-state index >= 15 is 0 Å². The highest BCUT2D eigenvalue weighted by atomic mass is 16.5. The highest BCUT2D eigenvalue weighted by molar-refractivity contribution is 5.94. The van der Waals surface area contributed by atoms with Crippen LogP contribution in [0.25, 0.3) is 0 Å². The lowest BCUT2D eigenvalue weighted by Gasteiger charge is -2.21. The zero-order valence-electron chi connectivity index (χ0n) is 15.2. The molecule has 3 rings (SSSR count). The average molecular weight is 356 g/mol. The minimum atomic E-state index is -0.128. The summed E-state index contributed by atoms with van der Waals surface area (Å²) >= 11 is 0. The minimum Gasteiger partial charge on any atom is -0.360 e. The first kappa shape index (κ1) is 18.1. The molecule has 0 saturated carbocycles. The average Bonchev–Trinajstić information content (AvgIpc) is 2.87. The number of anilines is 1. The molecule has 1 aromatic carbocycles. The van der Waals surface area contributed by atoms with Crippen LogP contribution in [0.5, 0.6) is 0 Å². The third kappa shape index (κ3) is 4.70. The van der Waals surface area contributed by atoms with Crippen molar-refractivity contribution in [2.24, 2.45) is 0 Å². The van der Waals surface area contributed by atoms with Crippen molar-refractivity contribution in [3.05, 3.63) is 47.2 Å². The van der Waals surface area contributed by atoms with Gasteiger partial charge in [0.2, 0.25) is 5.91 Å². The molecule has 2 heterocycles. The number of benzene rings is 1. The van der Waals surface area contributed by atoms with Gasteiger partial charge in [-0.25, -0.2) is 0 Å². The van der Waals surface area contributed by atoms with E-state index < -0.39 is 0 Å². The Balaban J connectivity index is 1.53. The normalized spacial score (nSPS) is 15.5. The third-order valence-electron chi connectivity index (χ3n) is 4.40. The van der Waals surface area contributed by atoms with Gasteiger partial charge in [0.15, 0.2) is 5.82 Å². The van der Waals surface area contributed by atoms with Crippen molar-refractivity contribution in [3.63, 3.8) is 0 Å². The summed E-state index contributed by atoms with van der Waals surface area (Å²) in [5.74, 6) is 1.01. The molecule has 0 atom stereocenters. The predicted molar refractivity (Wildman–Crippen MR) is 98.0 cm³/mol. The van der Waals surface area contributed by atoms with E-state index in [0.717, 1.165) is 24.1 Å². The predicted octanol–water partition coefficient (Wildman–Crippen LogP) is 2.08. The quantitative estimate of drug-likeness (QED) is 0.907. The summed E-state index contributed by atoms with van der Waals surface area (Å²) in [7, 11) is 0. The maximum Gasteiger partial charge on any atom is 0.253 e. The SMILES string of the molecule is Cc1cccc(C(=O)N2CCCN(CC(=O)Nc3cc(C)on3)CC2)c1. The molecule has 1 fully saturated rings. The summed E-state index contributed by atoms with van der Waals surface area (Å²) in [6.07, 6.45) is 0.841. The first-order chi connectivity index (χ1) is 12.5. The van der Waals surface area contributed by atoms with Crippen LogP contribution in [0.2, 0.25) is 0 Å². The Morgan fingerprint density at radius 3 is 2.73 bits per heavy atom. The van der Waals surface area contributed by atoms with Gasteiger partial charge >= 0.3 is 0 Å². The number of hydrogen-bond donors (Lipinski definition) is 1. The largest absolute Gasteiger partial charge is 0.360 e. The van der Waals surface area contributed by atoms with Crippen molar-refractivity contribution in [3.8, 4) is 0 Å². The van der Waals surface area contributed by atoms with Gasteiger partial charge in [0.1, 0.15) is 5.76 Å². The van der Waals surface area contributed by atoms with Crippen LogP contribution in [0.3, 0.4) is 0 Å². The van der Waals surface area contributed by atoms with Crippen molar-refractivity contribution >= 4 is 17.6 Å². The molecule has 1 aromatic heterocycles. The standard InChI is InChI=1S/C19H24N4O3/c1-14-5-3-6-16(11-14)19(25)23-8-4-7-22(9-10-23)13-18(24)20-17-12-15(2)26-21-17/h3,5-6,11-12H,4,7-10,13H2,1-2H3,(H,20,21,24). The number of amides is 2. The molecule has 0 radical (unpaired) electrons. The van der Waals surface area contributed by atoms with Gasteiger partial charge in [-0.05, 0) is 32.4 Å². The van der Waals surface area contributed by atoms with E-state index in [2.05, 4.69) is 15.4 Å². The number of nitrogens with zero attached hydrogens (tertiary/aromatic N) is 3. The molecule has 1 saturated heterocycles. The molecule has 7 nitrogen and oxygen atoms in total. The summed E-state index contributed by atoms with van der Waals surface area (Å²) in [5.41, 5.74) is 1.80. The number of hydrogen-bond acceptors (Lipinski definition) is 5. The molecule has 26 heavy (non-hydrogen) atoms. The Kier molecular flexibility index (Phi) is 5.68. The summed E-state index contributed by atoms with van der Waals surface area (Å²) < 4.78 is 4.94. The summed E-state index contributed by atoms with van der Waals surface area (Å²) in [6, 6.07) is 9.34. The van der Waals surface area contributed by atoms with Gasteiger partial charge in [0.25, 0.3) is 5.91 Å². The number of aromatic nitrogens is 1. The molecule has 2 amide bonds. The fourth-order valence-corrected chi connectivity index (χ4v) is 3.10. The first-order valence-corrected chi connectivity index (χ1v) is 8.83. The first-order valence-electron chi connectivity index (χ1n) is 8.83. The van der Waals surface area contributed by atoms with Crippen molar-refractivity contribution in [2.75, 3.05) is 38.0 Å². The topological polar surface area (TPSA) is 78.7 Å². The molecule has 7 heteroatoms. The zero-order valence-corrected chi connectivity index (χ0v) is 15.2. The Bertz CT molecular complexity index is 787. The van der Waals surface area contributed by atoms with Crippen molar-refractivity contribution in [1.82, 2.24) is 15.0 Å². The zero-order chi connectivity index (χ0) is 18.5. The lowest BCUT2D eigenvalue weighted by atomic mass is 10.1. The Morgan fingerprint density at radius 2 is 2.00 bits per heavy atom. The second kappa shape index (κ2) is 8.14. The minimum absolute atomic E-state index is 0.0538. The number of nitrogens with one attached hydrogen (secondary N) is 1. The third-order valence-corrected chi connectivity index (χ3v) is 4.40. The molecule has 0 spiro atoms. The van der Waals surface area contributed by atoms with Crippen molar-refractivity contribution < 1.29 is 14.1 Å². The number of aryl methyl sites for hydroxylation is 2. The molecule has 138 valence electrons. The van der Waals surface area contributed by atoms with Gasteiger partial charge in [-0.2, -0.15) is 0 Å². The van der Waals surface area contributed by atoms with Crippen LogP contribution in [-0.2, 0) is 4.79 Å². The lowest BCUT2D eigenvalue weighted by molar-refractivity contribution is -0.117. The lowest BCUT2D eigenvalue weighted by Crippen LogP contribution is -2.38. The van der Waals surface area contributed by atoms with Crippen LogP contribution in [0.15, 0.2) is 34.9 Å². The van der Waals surface area contributed by atoms with Gasteiger partial charge in [-0.3, -0.25) is 14.5 Å². The van der Waals surface area contributed by atoms with Crippen LogP contribution >= 0.6 is 0 Å². The smallest absolute Gasteiger partial charge is 0.253 e. The van der Waals surface area contributed by atoms with E-state index in [1.54, 1.807) is 13.0 Å². The molecule has 1 aliphatic heterocycles. The second-order valence-electron chi connectivity index (χ2n) is 6.66. The number of carbonyl (C=O) groups is 2. The molecule has 1 N–H and O–H groups in total. The van der Waals surface area contributed by atoms with Crippen molar-refractivity contribution in [1.29, 1.82) is 0 Å². The molecular weight excluding hydrogens is 332 g/mol. The summed E-state index contributed by atoms with van der Waals surface area (Å²) in [5, 5.41) is 6.50. The molecular formula is C19H24N4O3. The number of carbonyl (C=O) groups excluding carboxylic acids is 2. The fraction of sp³-hybridized carbons (Fsp3) is 0.421. The molecule has 0 unspecified atom stereocenters. The summed E-state index contributed by atoms with van der Waals surface area (Å²) in [6.45, 7) is 6.80. The van der Waals surface area contributed by atoms with Crippen LogP contribution in [0, 0.1) is 13.8 Å². The second-order valence-corrected chi connectivity index (χ2v) is 6.66. The van der Waals surface area contributed by atoms with E-state index in [9.17, 15) is 9.59 Å². The van der Waals surface area contributed by atoms with Gasteiger partial charge in [-0.15, -0.1) is 0 Å². The maximum atomic E-state index is 12.7. The molecule has 0 aliphatic carbocycles. The molecule has 0 bridgehead atoms. The Morgan fingerprint density at radius 1 is 1.15 bits per heavy atom. The monoisotopic (exact) mass is 356 g/mol. The van der Waals surface area contributed by atoms with Gasteiger partial charge in [0, 0.05) is 37.8 Å². The van der Waals surface area contributed by atoms with E-state index in [1.165, 1.54) is 0 Å². The van der Waals surface area contributed by atoms with Crippen molar-refractivity contribution in [2.45, 2.75) is 20.3 Å². The van der Waals surface area contributed by atoms with E-state index in [-0.39, 0.29) is 18.4 Å².